The summed E-state index contributed by atoms with van der Waals surface area (Å²) in [5.41, 5.74) is 1.68. The van der Waals surface area contributed by atoms with Gasteiger partial charge in [0.05, 0.1) is 17.3 Å². The molecule has 1 atom stereocenters. The molecule has 0 bridgehead atoms. The molecule has 1 fully saturated rings. The highest BCUT2D eigenvalue weighted by atomic mass is 32.2. The number of piperidine rings is 1. The lowest BCUT2D eigenvalue weighted by atomic mass is 10.1. The molecule has 11 heteroatoms. The van der Waals surface area contributed by atoms with Gasteiger partial charge in [0, 0.05) is 57.5 Å². The summed E-state index contributed by atoms with van der Waals surface area (Å²) in [6.45, 7) is 6.42. The lowest BCUT2D eigenvalue weighted by molar-refractivity contribution is 0.163. The monoisotopic (exact) mass is 480 g/mol. The summed E-state index contributed by atoms with van der Waals surface area (Å²) in [4.78, 5) is 13.7. The highest BCUT2D eigenvalue weighted by molar-refractivity contribution is 7.79. The molecule has 1 N–H and O–H groups in total. The fraction of sp³-hybridized carbons (Fsp3) is 0.545. The Morgan fingerprint density at radius 2 is 1.97 bits per heavy atom. The third kappa shape index (κ3) is 5.96. The molecule has 0 radical (unpaired) electrons. The molecular formula is C22H28F2N5O3S-. The molecule has 3 heterocycles. The minimum Gasteiger partial charge on any atom is -0.771 e. The minimum absolute atomic E-state index is 0.0227. The number of nitrogens with one attached hydrogen (secondary N) is 1. The van der Waals surface area contributed by atoms with Gasteiger partial charge in [0.25, 0.3) is 0 Å². The predicted octanol–water partition coefficient (Wildman–Crippen LogP) is 2.82. The number of halogens is 2. The molecule has 0 spiro atoms. The van der Waals surface area contributed by atoms with Crippen LogP contribution in [0, 0.1) is 11.6 Å². The van der Waals surface area contributed by atoms with Crippen molar-refractivity contribution < 1.29 is 22.3 Å². The Morgan fingerprint density at radius 1 is 1.21 bits per heavy atom. The first-order chi connectivity index (χ1) is 15.8. The maximum atomic E-state index is 13.9. The first-order valence-electron chi connectivity index (χ1n) is 11.1. The highest BCUT2D eigenvalue weighted by Crippen LogP contribution is 2.30. The van der Waals surface area contributed by atoms with Crippen molar-refractivity contribution in [3.05, 3.63) is 41.2 Å². The molecule has 1 saturated heterocycles. The summed E-state index contributed by atoms with van der Waals surface area (Å²) in [6, 6.07) is 3.49. The summed E-state index contributed by atoms with van der Waals surface area (Å²) < 4.78 is 55.1. The van der Waals surface area contributed by atoms with E-state index in [1.807, 2.05) is 18.7 Å². The second-order valence-corrected chi connectivity index (χ2v) is 9.57. The van der Waals surface area contributed by atoms with Crippen LogP contribution < -0.4 is 15.0 Å². The number of ether oxygens (including phenoxy) is 1. The van der Waals surface area contributed by atoms with Gasteiger partial charge >= 0.3 is 0 Å². The number of nitrogens with zero attached hydrogens (tertiary/aromatic N) is 4. The third-order valence-corrected chi connectivity index (χ3v) is 6.29. The second-order valence-electron chi connectivity index (χ2n) is 8.70. The van der Waals surface area contributed by atoms with Crippen LogP contribution in [0.4, 0.5) is 20.4 Å². The van der Waals surface area contributed by atoms with Crippen LogP contribution in [-0.2, 0) is 24.0 Å². The fourth-order valence-electron chi connectivity index (χ4n) is 4.16. The average molecular weight is 481 g/mol. The minimum atomic E-state index is -2.14. The third-order valence-electron chi connectivity index (χ3n) is 5.71. The van der Waals surface area contributed by atoms with Gasteiger partial charge in [-0.3, -0.25) is 9.11 Å². The summed E-state index contributed by atoms with van der Waals surface area (Å²) in [7, 11) is 0. The Bertz CT molecular complexity index is 1020. The van der Waals surface area contributed by atoms with Crippen molar-refractivity contribution >= 4 is 22.7 Å². The van der Waals surface area contributed by atoms with Gasteiger partial charge in [-0.2, -0.15) is 0 Å². The van der Waals surface area contributed by atoms with E-state index in [9.17, 15) is 17.5 Å². The molecule has 8 nitrogen and oxygen atoms in total. The molecule has 4 rings (SSSR count). The van der Waals surface area contributed by atoms with Crippen molar-refractivity contribution in [1.29, 1.82) is 0 Å². The molecule has 0 amide bonds. The summed E-state index contributed by atoms with van der Waals surface area (Å²) in [5.74, 6) is 0.148. The number of anilines is 2. The predicted molar refractivity (Wildman–Crippen MR) is 121 cm³/mol. The normalized spacial score (nSPS) is 18.3. The van der Waals surface area contributed by atoms with Gasteiger partial charge in [-0.05, 0) is 37.1 Å². The Labute approximate surface area is 194 Å². The Kier molecular flexibility index (Phi) is 7.40. The van der Waals surface area contributed by atoms with Gasteiger partial charge in [-0.15, -0.1) is 0 Å². The maximum absolute atomic E-state index is 13.9. The van der Waals surface area contributed by atoms with E-state index >= 15 is 0 Å². The summed E-state index contributed by atoms with van der Waals surface area (Å²) >= 11 is -2.14. The zero-order valence-corrected chi connectivity index (χ0v) is 19.5. The van der Waals surface area contributed by atoms with Gasteiger partial charge in [0.1, 0.15) is 11.9 Å². The van der Waals surface area contributed by atoms with Crippen LogP contribution >= 0.6 is 0 Å². The van der Waals surface area contributed by atoms with E-state index in [2.05, 4.69) is 10.2 Å². The second kappa shape index (κ2) is 10.3. The fourth-order valence-corrected chi connectivity index (χ4v) is 4.68. The van der Waals surface area contributed by atoms with Crippen molar-refractivity contribution in [2.45, 2.75) is 51.8 Å². The van der Waals surface area contributed by atoms with E-state index in [0.29, 0.717) is 51.3 Å². The molecule has 1 aromatic carbocycles. The van der Waals surface area contributed by atoms with E-state index in [4.69, 9.17) is 14.7 Å². The first-order valence-corrected chi connectivity index (χ1v) is 12.3. The molecule has 1 aromatic heterocycles. The van der Waals surface area contributed by atoms with Gasteiger partial charge in [0.2, 0.25) is 0 Å². The van der Waals surface area contributed by atoms with Crippen LogP contribution in [-0.4, -0.2) is 61.3 Å². The lowest BCUT2D eigenvalue weighted by Crippen LogP contribution is -2.40. The number of hydrogen-bond donors (Lipinski definition) is 1. The van der Waals surface area contributed by atoms with Crippen LogP contribution in [0.5, 0.6) is 5.75 Å². The number of rotatable bonds is 7. The number of hydrogen-bond acceptors (Lipinski definition) is 8. The summed E-state index contributed by atoms with van der Waals surface area (Å²) in [6.07, 6.45) is 1.76. The molecule has 0 aliphatic carbocycles. The molecule has 0 saturated carbocycles. The average Bonchev–Trinajstić information content (AvgIpc) is 2.75. The molecule has 2 aromatic rings. The van der Waals surface area contributed by atoms with Crippen molar-refractivity contribution in [2.75, 3.05) is 35.7 Å². The van der Waals surface area contributed by atoms with E-state index in [0.717, 1.165) is 23.3 Å². The van der Waals surface area contributed by atoms with E-state index in [1.165, 1.54) is 12.1 Å². The number of fused-ring (bicyclic) bond motifs is 1. The standard InChI is InChI=1S/C22H29F2N5O3S/c1-14(2)25-21-22(27-19-12-28(13-33(30)31)8-7-18(19)26-21)29-9-5-16(6-10-29)32-20-4-3-15(23)11-17(20)24/h3-4,11,14,16H,5-10,12-13H2,1-2H3,(H,25,26)(H,30,31)/p-1. The molecule has 180 valence electrons. The van der Waals surface area contributed by atoms with Crippen LogP contribution in [0.15, 0.2) is 18.2 Å². The Hall–Kier alpha value is -2.37. The molecular weight excluding hydrogens is 452 g/mol. The SMILES string of the molecule is CC(C)Nc1nc2c(nc1N1CCC(Oc3ccc(F)cc3F)CC1)CN(CS(=O)[O-])CC2. The van der Waals surface area contributed by atoms with Crippen LogP contribution in [0.25, 0.3) is 0 Å². The largest absolute Gasteiger partial charge is 0.771 e. The zero-order chi connectivity index (χ0) is 23.5. The summed E-state index contributed by atoms with van der Waals surface area (Å²) in [5, 5.41) is 3.38. The van der Waals surface area contributed by atoms with E-state index in [-0.39, 0.29) is 23.8 Å². The Balaban J connectivity index is 1.49. The van der Waals surface area contributed by atoms with Crippen molar-refractivity contribution in [3.8, 4) is 5.75 Å². The van der Waals surface area contributed by atoms with E-state index in [1.54, 1.807) is 0 Å². The molecule has 33 heavy (non-hydrogen) atoms. The van der Waals surface area contributed by atoms with Gasteiger partial charge in [-0.25, -0.2) is 18.7 Å². The van der Waals surface area contributed by atoms with Gasteiger partial charge < -0.3 is 19.5 Å². The molecule has 2 aliphatic rings. The van der Waals surface area contributed by atoms with Gasteiger partial charge in [-0.1, -0.05) is 0 Å². The number of benzene rings is 1. The van der Waals surface area contributed by atoms with Crippen LogP contribution in [0.1, 0.15) is 38.1 Å². The quantitative estimate of drug-likeness (QED) is 0.605. The maximum Gasteiger partial charge on any atom is 0.172 e. The molecule has 2 aliphatic heterocycles. The topological polar surface area (TPSA) is 93.7 Å². The Morgan fingerprint density at radius 3 is 2.64 bits per heavy atom. The van der Waals surface area contributed by atoms with Crippen molar-refractivity contribution in [2.24, 2.45) is 0 Å². The van der Waals surface area contributed by atoms with Crippen LogP contribution in [0.3, 0.4) is 0 Å². The molecule has 1 unspecified atom stereocenters. The number of aromatic nitrogens is 2. The lowest BCUT2D eigenvalue weighted by Gasteiger charge is -2.35. The van der Waals surface area contributed by atoms with E-state index < -0.39 is 22.7 Å². The first kappa shape index (κ1) is 23.8. The van der Waals surface area contributed by atoms with Gasteiger partial charge in [0.15, 0.2) is 23.2 Å². The van der Waals surface area contributed by atoms with Crippen LogP contribution in [0.2, 0.25) is 0 Å². The zero-order valence-electron chi connectivity index (χ0n) is 18.7. The smallest absolute Gasteiger partial charge is 0.172 e. The van der Waals surface area contributed by atoms with Crippen molar-refractivity contribution in [3.63, 3.8) is 0 Å². The highest BCUT2D eigenvalue weighted by Gasteiger charge is 2.28. The van der Waals surface area contributed by atoms with Crippen molar-refractivity contribution in [1.82, 2.24) is 14.9 Å².